The Morgan fingerprint density at radius 3 is 2.17 bits per heavy atom. The Morgan fingerprint density at radius 2 is 1.71 bits per heavy atom. The van der Waals surface area contributed by atoms with Crippen molar-refractivity contribution in [2.75, 3.05) is 13.2 Å². The van der Waals surface area contributed by atoms with Gasteiger partial charge in [-0.1, -0.05) is 37.3 Å². The predicted molar refractivity (Wildman–Crippen MR) is 102 cm³/mol. The second-order valence-electron chi connectivity index (χ2n) is 7.52. The third-order valence-corrected chi connectivity index (χ3v) is 5.02. The summed E-state index contributed by atoms with van der Waals surface area (Å²) in [7, 11) is 0. The van der Waals surface area contributed by atoms with E-state index in [9.17, 15) is 4.79 Å². The molecule has 0 bridgehead atoms. The summed E-state index contributed by atoms with van der Waals surface area (Å²) in [5, 5.41) is 0. The zero-order chi connectivity index (χ0) is 17.0. The molecule has 0 aromatic heterocycles. The number of halogens is 1. The van der Waals surface area contributed by atoms with E-state index in [4.69, 9.17) is 4.74 Å². The van der Waals surface area contributed by atoms with Crippen LogP contribution in [-0.2, 0) is 14.9 Å². The van der Waals surface area contributed by atoms with Gasteiger partial charge in [0, 0.05) is 18.6 Å². The molecule has 0 amide bonds. The first-order chi connectivity index (χ1) is 10.9. The van der Waals surface area contributed by atoms with Gasteiger partial charge in [-0.15, -0.1) is 12.4 Å². The number of rotatable bonds is 7. The molecule has 4 heteroatoms. The monoisotopic (exact) mass is 353 g/mol. The number of hydrogen-bond donors (Lipinski definition) is 0. The zero-order valence-corrected chi connectivity index (χ0v) is 16.4. The predicted octanol–water partition coefficient (Wildman–Crippen LogP) is 4.44. The van der Waals surface area contributed by atoms with E-state index in [-0.39, 0.29) is 18.4 Å². The van der Waals surface area contributed by atoms with Gasteiger partial charge in [0.2, 0.25) is 0 Å². The Labute approximate surface area is 153 Å². The van der Waals surface area contributed by atoms with Crippen molar-refractivity contribution in [2.45, 2.75) is 65.0 Å². The highest BCUT2D eigenvalue weighted by molar-refractivity contribution is 5.85. The lowest BCUT2D eigenvalue weighted by Gasteiger charge is -2.44. The molecule has 0 heterocycles. The second kappa shape index (κ2) is 8.87. The second-order valence-corrected chi connectivity index (χ2v) is 7.52. The standard InChI is InChI=1S/C20H31NO2.ClH/c1-15(2)21(16(3)4)11-12-23-19(22)20(13-17(5)14-20)18-9-7-6-8-10-18;/h6-10,15-17H,11-14H2,1-5H3;1H/t17-,20-;. The quantitative estimate of drug-likeness (QED) is 0.679. The summed E-state index contributed by atoms with van der Waals surface area (Å²) in [6.45, 7) is 12.2. The van der Waals surface area contributed by atoms with E-state index in [1.807, 2.05) is 18.2 Å². The van der Waals surface area contributed by atoms with Crippen LogP contribution in [0.4, 0.5) is 0 Å². The van der Waals surface area contributed by atoms with Crippen molar-refractivity contribution in [1.29, 1.82) is 0 Å². The van der Waals surface area contributed by atoms with Gasteiger partial charge in [0.1, 0.15) is 6.61 Å². The van der Waals surface area contributed by atoms with Gasteiger partial charge in [0.25, 0.3) is 0 Å². The number of carbonyl (C=O) groups is 1. The van der Waals surface area contributed by atoms with Gasteiger partial charge in [0.15, 0.2) is 0 Å². The van der Waals surface area contributed by atoms with E-state index >= 15 is 0 Å². The number of nitrogens with zero attached hydrogens (tertiary/aromatic N) is 1. The molecule has 1 aliphatic rings. The zero-order valence-electron chi connectivity index (χ0n) is 15.6. The smallest absolute Gasteiger partial charge is 0.316 e. The third-order valence-electron chi connectivity index (χ3n) is 5.02. The van der Waals surface area contributed by atoms with Gasteiger partial charge in [-0.05, 0) is 52.0 Å². The first-order valence-corrected chi connectivity index (χ1v) is 8.85. The van der Waals surface area contributed by atoms with Crippen molar-refractivity contribution >= 4 is 18.4 Å². The fourth-order valence-corrected chi connectivity index (χ4v) is 3.90. The summed E-state index contributed by atoms with van der Waals surface area (Å²) in [6.07, 6.45) is 1.79. The number of carbonyl (C=O) groups excluding carboxylic acids is 1. The Kier molecular flexibility index (Phi) is 7.75. The highest BCUT2D eigenvalue weighted by Gasteiger charge is 2.50. The number of esters is 1. The highest BCUT2D eigenvalue weighted by Crippen LogP contribution is 2.48. The lowest BCUT2D eigenvalue weighted by atomic mass is 9.59. The lowest BCUT2D eigenvalue weighted by Crippen LogP contribution is -2.48. The Balaban J connectivity index is 0.00000288. The summed E-state index contributed by atoms with van der Waals surface area (Å²) >= 11 is 0. The highest BCUT2D eigenvalue weighted by atomic mass is 35.5. The lowest BCUT2D eigenvalue weighted by molar-refractivity contribution is -0.157. The molecule has 1 fully saturated rings. The molecule has 0 unspecified atom stereocenters. The molecule has 24 heavy (non-hydrogen) atoms. The molecule has 1 saturated carbocycles. The van der Waals surface area contributed by atoms with E-state index in [0.717, 1.165) is 24.9 Å². The SMILES string of the molecule is CC(C)N(CCOC(=O)[C@]1(c2ccccc2)C[C@@H](C)C1)C(C)C.Cl. The summed E-state index contributed by atoms with van der Waals surface area (Å²) in [6, 6.07) is 11.0. The molecule has 0 N–H and O–H groups in total. The largest absolute Gasteiger partial charge is 0.464 e. The van der Waals surface area contributed by atoms with Gasteiger partial charge < -0.3 is 4.74 Å². The normalized spacial score (nSPS) is 23.1. The molecule has 3 nitrogen and oxygen atoms in total. The van der Waals surface area contributed by atoms with E-state index in [1.54, 1.807) is 0 Å². The van der Waals surface area contributed by atoms with Crippen molar-refractivity contribution in [2.24, 2.45) is 5.92 Å². The summed E-state index contributed by atoms with van der Waals surface area (Å²) < 4.78 is 5.70. The molecule has 136 valence electrons. The minimum Gasteiger partial charge on any atom is -0.464 e. The van der Waals surface area contributed by atoms with Gasteiger partial charge in [0.05, 0.1) is 5.41 Å². The van der Waals surface area contributed by atoms with Gasteiger partial charge in [-0.3, -0.25) is 9.69 Å². The van der Waals surface area contributed by atoms with Crippen molar-refractivity contribution in [3.05, 3.63) is 35.9 Å². The van der Waals surface area contributed by atoms with Crippen LogP contribution in [0.25, 0.3) is 0 Å². The first kappa shape index (κ1) is 21.0. The van der Waals surface area contributed by atoms with Crippen molar-refractivity contribution in [3.8, 4) is 0 Å². The fraction of sp³-hybridized carbons (Fsp3) is 0.650. The van der Waals surface area contributed by atoms with Crippen molar-refractivity contribution in [3.63, 3.8) is 0 Å². The van der Waals surface area contributed by atoms with E-state index < -0.39 is 5.41 Å². The van der Waals surface area contributed by atoms with Gasteiger partial charge in [-0.25, -0.2) is 0 Å². The van der Waals surface area contributed by atoms with Crippen LogP contribution < -0.4 is 0 Å². The van der Waals surface area contributed by atoms with Crippen LogP contribution in [0.2, 0.25) is 0 Å². The number of benzene rings is 1. The topological polar surface area (TPSA) is 29.5 Å². The number of hydrogen-bond acceptors (Lipinski definition) is 3. The molecular weight excluding hydrogens is 322 g/mol. The van der Waals surface area contributed by atoms with E-state index in [0.29, 0.717) is 24.6 Å². The average molecular weight is 354 g/mol. The molecule has 0 atom stereocenters. The number of ether oxygens (including phenoxy) is 1. The summed E-state index contributed by atoms with van der Waals surface area (Å²) in [4.78, 5) is 15.1. The Bertz CT molecular complexity index is 502. The molecule has 1 aromatic rings. The van der Waals surface area contributed by atoms with Gasteiger partial charge in [-0.2, -0.15) is 0 Å². The van der Waals surface area contributed by atoms with Crippen molar-refractivity contribution < 1.29 is 9.53 Å². The van der Waals surface area contributed by atoms with Crippen LogP contribution in [-0.4, -0.2) is 36.1 Å². The van der Waals surface area contributed by atoms with E-state index in [2.05, 4.69) is 51.7 Å². The maximum atomic E-state index is 12.8. The fourth-order valence-electron chi connectivity index (χ4n) is 3.90. The van der Waals surface area contributed by atoms with Crippen LogP contribution in [0.3, 0.4) is 0 Å². The first-order valence-electron chi connectivity index (χ1n) is 8.85. The molecule has 2 rings (SSSR count). The molecule has 1 aromatic carbocycles. The molecule has 0 aliphatic heterocycles. The van der Waals surface area contributed by atoms with Crippen LogP contribution in [0.1, 0.15) is 53.0 Å². The third kappa shape index (κ3) is 4.52. The maximum Gasteiger partial charge on any atom is 0.316 e. The molecule has 0 radical (unpaired) electrons. The average Bonchev–Trinajstić information content (AvgIpc) is 2.48. The Hall–Kier alpha value is -1.06. The minimum atomic E-state index is -0.416. The molecule has 0 saturated heterocycles. The van der Waals surface area contributed by atoms with E-state index in [1.165, 1.54) is 0 Å². The minimum absolute atomic E-state index is 0. The molecule has 1 aliphatic carbocycles. The van der Waals surface area contributed by atoms with Gasteiger partial charge >= 0.3 is 5.97 Å². The van der Waals surface area contributed by atoms with Crippen LogP contribution in [0.5, 0.6) is 0 Å². The summed E-state index contributed by atoms with van der Waals surface area (Å²) in [5.74, 6) is 0.542. The van der Waals surface area contributed by atoms with Crippen LogP contribution >= 0.6 is 12.4 Å². The maximum absolute atomic E-state index is 12.8. The van der Waals surface area contributed by atoms with Crippen LogP contribution in [0, 0.1) is 5.92 Å². The van der Waals surface area contributed by atoms with Crippen LogP contribution in [0.15, 0.2) is 30.3 Å². The molecule has 0 spiro atoms. The summed E-state index contributed by atoms with van der Waals surface area (Å²) in [5.41, 5.74) is 0.689. The molecular formula is C20H32ClNO2. The van der Waals surface area contributed by atoms with Crippen molar-refractivity contribution in [1.82, 2.24) is 4.90 Å². The Morgan fingerprint density at radius 1 is 1.17 bits per heavy atom.